The second-order valence-electron chi connectivity index (χ2n) is 7.85. The molecule has 0 aliphatic carbocycles. The molecule has 0 radical (unpaired) electrons. The molecule has 1 fully saturated rings. The van der Waals surface area contributed by atoms with Crippen LogP contribution in [0, 0.1) is 5.92 Å². The second-order valence-corrected chi connectivity index (χ2v) is 8.29. The highest BCUT2D eigenvalue weighted by atomic mass is 35.5. The van der Waals surface area contributed by atoms with Crippen LogP contribution in [0.25, 0.3) is 0 Å². The molecule has 2 rings (SSSR count). The van der Waals surface area contributed by atoms with Crippen LogP contribution < -0.4 is 10.6 Å². The van der Waals surface area contributed by atoms with Crippen molar-refractivity contribution in [2.24, 2.45) is 5.92 Å². The summed E-state index contributed by atoms with van der Waals surface area (Å²) in [7, 11) is 0. The molecule has 6 nitrogen and oxygen atoms in total. The number of alkyl halides is 3. The summed E-state index contributed by atoms with van der Waals surface area (Å²) in [4.78, 5) is 26.4. The van der Waals surface area contributed by atoms with Crippen molar-refractivity contribution in [3.63, 3.8) is 0 Å². The lowest BCUT2D eigenvalue weighted by Gasteiger charge is -2.30. The van der Waals surface area contributed by atoms with E-state index in [4.69, 9.17) is 16.3 Å². The predicted molar refractivity (Wildman–Crippen MR) is 113 cm³/mol. The van der Waals surface area contributed by atoms with Crippen LogP contribution in [-0.2, 0) is 20.5 Å². The summed E-state index contributed by atoms with van der Waals surface area (Å²) >= 11 is 5.65. The second kappa shape index (κ2) is 11.7. The van der Waals surface area contributed by atoms with Gasteiger partial charge in [0.05, 0.1) is 23.9 Å². The molecule has 0 bridgehead atoms. The molecule has 0 spiro atoms. The Kier molecular flexibility index (Phi) is 9.58. The molecule has 1 aromatic rings. The van der Waals surface area contributed by atoms with E-state index in [-0.39, 0.29) is 35.2 Å². The summed E-state index contributed by atoms with van der Waals surface area (Å²) in [6.45, 7) is 6.06. The number of piperidine rings is 1. The number of hydrogen-bond acceptors (Lipinski definition) is 4. The SMILES string of the molecule is CC(C)OCCCNC(=O)C1CCN(CC(=O)Nc2ccc(Cl)cc2C(F)(F)F)CC1. The number of halogens is 4. The quantitative estimate of drug-likeness (QED) is 0.544. The van der Waals surface area contributed by atoms with Gasteiger partial charge in [-0.2, -0.15) is 13.2 Å². The summed E-state index contributed by atoms with van der Waals surface area (Å²) in [5, 5.41) is 5.17. The summed E-state index contributed by atoms with van der Waals surface area (Å²) in [5.41, 5.74) is -1.31. The third-order valence-electron chi connectivity index (χ3n) is 4.96. The van der Waals surface area contributed by atoms with E-state index in [1.54, 1.807) is 0 Å². The molecule has 0 saturated carbocycles. The molecule has 0 atom stereocenters. The van der Waals surface area contributed by atoms with Crippen LogP contribution >= 0.6 is 11.6 Å². The minimum Gasteiger partial charge on any atom is -0.379 e. The molecule has 1 aliphatic rings. The first-order chi connectivity index (χ1) is 14.6. The largest absolute Gasteiger partial charge is 0.418 e. The summed E-state index contributed by atoms with van der Waals surface area (Å²) < 4.78 is 44.9. The molecule has 1 aliphatic heterocycles. The minimum atomic E-state index is -4.62. The first-order valence-corrected chi connectivity index (χ1v) is 10.7. The van der Waals surface area contributed by atoms with Crippen molar-refractivity contribution < 1.29 is 27.5 Å². The lowest BCUT2D eigenvalue weighted by Crippen LogP contribution is -2.43. The van der Waals surface area contributed by atoms with E-state index in [1.807, 2.05) is 18.7 Å². The zero-order valence-corrected chi connectivity index (χ0v) is 18.5. The fourth-order valence-corrected chi connectivity index (χ4v) is 3.53. The number of anilines is 1. The molecule has 0 unspecified atom stereocenters. The molecule has 31 heavy (non-hydrogen) atoms. The van der Waals surface area contributed by atoms with Gasteiger partial charge in [0.15, 0.2) is 0 Å². The van der Waals surface area contributed by atoms with Crippen LogP contribution in [0.2, 0.25) is 5.02 Å². The van der Waals surface area contributed by atoms with Crippen LogP contribution in [0.3, 0.4) is 0 Å². The highest BCUT2D eigenvalue weighted by Gasteiger charge is 2.34. The maximum Gasteiger partial charge on any atom is 0.418 e. The Labute approximate surface area is 185 Å². The molecule has 174 valence electrons. The lowest BCUT2D eigenvalue weighted by atomic mass is 9.96. The Morgan fingerprint density at radius 3 is 2.55 bits per heavy atom. The van der Waals surface area contributed by atoms with Crippen LogP contribution in [-0.4, -0.2) is 55.6 Å². The number of benzene rings is 1. The van der Waals surface area contributed by atoms with Gasteiger partial charge in [-0.1, -0.05) is 11.6 Å². The number of nitrogens with zero attached hydrogens (tertiary/aromatic N) is 1. The first kappa shape index (κ1) is 25.4. The van der Waals surface area contributed by atoms with Gasteiger partial charge in [-0.3, -0.25) is 14.5 Å². The van der Waals surface area contributed by atoms with Crippen LogP contribution in [0.4, 0.5) is 18.9 Å². The molecule has 0 aromatic heterocycles. The number of nitrogens with one attached hydrogen (secondary N) is 2. The summed E-state index contributed by atoms with van der Waals surface area (Å²) in [6.07, 6.45) is -2.53. The Balaban J connectivity index is 1.75. The zero-order valence-electron chi connectivity index (χ0n) is 17.7. The Morgan fingerprint density at radius 2 is 1.94 bits per heavy atom. The molecule has 2 amide bonds. The van der Waals surface area contributed by atoms with Gasteiger partial charge >= 0.3 is 6.18 Å². The van der Waals surface area contributed by atoms with Crippen molar-refractivity contribution in [3.05, 3.63) is 28.8 Å². The molecule has 10 heteroatoms. The van der Waals surface area contributed by atoms with Crippen LogP contribution in [0.5, 0.6) is 0 Å². The van der Waals surface area contributed by atoms with Gasteiger partial charge < -0.3 is 15.4 Å². The van der Waals surface area contributed by atoms with Crippen molar-refractivity contribution in [3.8, 4) is 0 Å². The van der Waals surface area contributed by atoms with E-state index >= 15 is 0 Å². The summed E-state index contributed by atoms with van der Waals surface area (Å²) in [5.74, 6) is -0.677. The van der Waals surface area contributed by atoms with E-state index < -0.39 is 17.6 Å². The van der Waals surface area contributed by atoms with E-state index in [9.17, 15) is 22.8 Å². The van der Waals surface area contributed by atoms with Crippen molar-refractivity contribution in [2.45, 2.75) is 45.4 Å². The third-order valence-corrected chi connectivity index (χ3v) is 5.19. The zero-order chi connectivity index (χ0) is 23.0. The standard InChI is InChI=1S/C21H29ClF3N3O3/c1-14(2)31-11-3-8-26-20(30)15-6-9-28(10-7-15)13-19(29)27-18-5-4-16(22)12-17(18)21(23,24)25/h4-5,12,14-15H,3,6-11,13H2,1-2H3,(H,26,30)(H,27,29). The average molecular weight is 464 g/mol. The molecular weight excluding hydrogens is 435 g/mol. The fraction of sp³-hybridized carbons (Fsp3) is 0.619. The van der Waals surface area contributed by atoms with E-state index in [0.29, 0.717) is 39.1 Å². The Bertz CT molecular complexity index is 751. The number of likely N-dealkylation sites (tertiary alicyclic amines) is 1. The minimum absolute atomic E-state index is 0.00960. The number of carbonyl (C=O) groups is 2. The smallest absolute Gasteiger partial charge is 0.379 e. The van der Waals surface area contributed by atoms with Gasteiger partial charge in [0.25, 0.3) is 0 Å². The van der Waals surface area contributed by atoms with Crippen molar-refractivity contribution >= 4 is 29.1 Å². The van der Waals surface area contributed by atoms with Crippen LogP contribution in [0.1, 0.15) is 38.7 Å². The van der Waals surface area contributed by atoms with Gasteiger partial charge in [-0.05, 0) is 64.4 Å². The number of hydrogen-bond donors (Lipinski definition) is 2. The first-order valence-electron chi connectivity index (χ1n) is 10.3. The fourth-order valence-electron chi connectivity index (χ4n) is 3.35. The number of amides is 2. The van der Waals surface area contributed by atoms with E-state index in [0.717, 1.165) is 18.6 Å². The highest BCUT2D eigenvalue weighted by molar-refractivity contribution is 6.30. The molecule has 1 heterocycles. The topological polar surface area (TPSA) is 70.7 Å². The predicted octanol–water partition coefficient (Wildman–Crippen LogP) is 3.94. The van der Waals surface area contributed by atoms with E-state index in [2.05, 4.69) is 10.6 Å². The van der Waals surface area contributed by atoms with Gasteiger partial charge in [-0.25, -0.2) is 0 Å². The van der Waals surface area contributed by atoms with Crippen LogP contribution in [0.15, 0.2) is 18.2 Å². The normalized spacial score (nSPS) is 15.8. The third kappa shape index (κ3) is 8.66. The summed E-state index contributed by atoms with van der Waals surface area (Å²) in [6, 6.07) is 3.23. The maximum atomic E-state index is 13.2. The number of carbonyl (C=O) groups excluding carboxylic acids is 2. The van der Waals surface area contributed by atoms with Gasteiger partial charge in [0, 0.05) is 24.1 Å². The number of ether oxygens (including phenoxy) is 1. The van der Waals surface area contributed by atoms with Crippen molar-refractivity contribution in [2.75, 3.05) is 38.1 Å². The number of rotatable bonds is 9. The molecule has 1 aromatic carbocycles. The van der Waals surface area contributed by atoms with Crippen molar-refractivity contribution in [1.82, 2.24) is 10.2 Å². The maximum absolute atomic E-state index is 13.2. The highest BCUT2D eigenvalue weighted by Crippen LogP contribution is 2.36. The Hall–Kier alpha value is -1.84. The van der Waals surface area contributed by atoms with Crippen molar-refractivity contribution in [1.29, 1.82) is 0 Å². The van der Waals surface area contributed by atoms with Gasteiger partial charge in [0.2, 0.25) is 11.8 Å². The Morgan fingerprint density at radius 1 is 1.26 bits per heavy atom. The van der Waals surface area contributed by atoms with E-state index in [1.165, 1.54) is 6.07 Å². The lowest BCUT2D eigenvalue weighted by molar-refractivity contribution is -0.137. The monoisotopic (exact) mass is 463 g/mol. The molecular formula is C21H29ClF3N3O3. The molecule has 1 saturated heterocycles. The molecule has 2 N–H and O–H groups in total. The average Bonchev–Trinajstić information content (AvgIpc) is 2.68. The van der Waals surface area contributed by atoms with Gasteiger partial charge in [-0.15, -0.1) is 0 Å². The van der Waals surface area contributed by atoms with Gasteiger partial charge in [0.1, 0.15) is 0 Å².